The number of nitrogens with two attached hydrogens (primary N) is 1. The van der Waals surface area contributed by atoms with E-state index in [1.807, 2.05) is 0 Å². The van der Waals surface area contributed by atoms with Crippen molar-refractivity contribution in [1.82, 2.24) is 4.98 Å². The molecule has 2 N–H and O–H groups in total. The molecular formula is C11H8BrFN2O. The first kappa shape index (κ1) is 10.9. The van der Waals surface area contributed by atoms with Crippen LogP contribution in [0.4, 0.5) is 10.1 Å². The van der Waals surface area contributed by atoms with Gasteiger partial charge in [0.15, 0.2) is 5.75 Å². The summed E-state index contributed by atoms with van der Waals surface area (Å²) in [6.07, 6.45) is 1.61. The average Bonchev–Trinajstić information content (AvgIpc) is 2.25. The van der Waals surface area contributed by atoms with E-state index in [2.05, 4.69) is 20.9 Å². The molecule has 0 bridgehead atoms. The molecule has 0 aliphatic heterocycles. The van der Waals surface area contributed by atoms with Gasteiger partial charge in [-0.05, 0) is 34.1 Å². The van der Waals surface area contributed by atoms with E-state index < -0.39 is 5.82 Å². The van der Waals surface area contributed by atoms with E-state index in [1.165, 1.54) is 18.2 Å². The number of nitrogens with zero attached hydrogens (tertiary/aromatic N) is 1. The van der Waals surface area contributed by atoms with Gasteiger partial charge >= 0.3 is 0 Å². The lowest BCUT2D eigenvalue weighted by Gasteiger charge is -2.07. The maximum Gasteiger partial charge on any atom is 0.219 e. The van der Waals surface area contributed by atoms with Gasteiger partial charge in [0.25, 0.3) is 0 Å². The van der Waals surface area contributed by atoms with Gasteiger partial charge in [0, 0.05) is 22.8 Å². The number of halogens is 2. The fourth-order valence-electron chi connectivity index (χ4n) is 1.15. The monoisotopic (exact) mass is 282 g/mol. The summed E-state index contributed by atoms with van der Waals surface area (Å²) in [6.45, 7) is 0. The topological polar surface area (TPSA) is 48.1 Å². The largest absolute Gasteiger partial charge is 0.437 e. The molecule has 5 heteroatoms. The summed E-state index contributed by atoms with van der Waals surface area (Å²) in [7, 11) is 0. The molecule has 0 aliphatic rings. The van der Waals surface area contributed by atoms with Gasteiger partial charge in [-0.25, -0.2) is 9.37 Å². The summed E-state index contributed by atoms with van der Waals surface area (Å²) >= 11 is 3.26. The summed E-state index contributed by atoms with van der Waals surface area (Å²) in [5.74, 6) is 0.395. The number of nitrogen functional groups attached to an aromatic ring is 1. The van der Waals surface area contributed by atoms with Crippen LogP contribution in [0.2, 0.25) is 0 Å². The number of benzene rings is 1. The van der Waals surface area contributed by atoms with Crippen molar-refractivity contribution in [2.24, 2.45) is 0 Å². The van der Waals surface area contributed by atoms with Crippen molar-refractivity contribution in [2.75, 3.05) is 5.73 Å². The van der Waals surface area contributed by atoms with Crippen LogP contribution in [0.5, 0.6) is 11.6 Å². The van der Waals surface area contributed by atoms with Crippen LogP contribution < -0.4 is 10.5 Å². The molecule has 0 radical (unpaired) electrons. The Morgan fingerprint density at radius 3 is 2.69 bits per heavy atom. The van der Waals surface area contributed by atoms with Crippen LogP contribution in [0.15, 0.2) is 41.0 Å². The molecule has 1 heterocycles. The zero-order valence-electron chi connectivity index (χ0n) is 8.15. The minimum absolute atomic E-state index is 0.240. The lowest BCUT2D eigenvalue weighted by molar-refractivity contribution is 0.463. The van der Waals surface area contributed by atoms with E-state index in [0.717, 1.165) is 4.47 Å². The summed E-state index contributed by atoms with van der Waals surface area (Å²) < 4.78 is 19.0. The molecule has 0 saturated heterocycles. The average molecular weight is 283 g/mol. The van der Waals surface area contributed by atoms with E-state index >= 15 is 0 Å². The van der Waals surface area contributed by atoms with Crippen LogP contribution in [0.25, 0.3) is 0 Å². The van der Waals surface area contributed by atoms with Gasteiger partial charge in [-0.3, -0.25) is 0 Å². The van der Waals surface area contributed by atoms with Crippen molar-refractivity contribution < 1.29 is 9.13 Å². The highest BCUT2D eigenvalue weighted by Gasteiger charge is 2.04. The maximum atomic E-state index is 12.8. The highest BCUT2D eigenvalue weighted by atomic mass is 79.9. The van der Waals surface area contributed by atoms with E-state index in [0.29, 0.717) is 11.6 Å². The van der Waals surface area contributed by atoms with Crippen LogP contribution in [-0.2, 0) is 0 Å². The Bertz CT molecular complexity index is 502. The van der Waals surface area contributed by atoms with Gasteiger partial charge in [-0.2, -0.15) is 0 Å². The molecule has 1 aromatic carbocycles. The van der Waals surface area contributed by atoms with Crippen molar-refractivity contribution >= 4 is 21.6 Å². The normalized spacial score (nSPS) is 10.1. The summed E-state index contributed by atoms with van der Waals surface area (Å²) in [4.78, 5) is 4.02. The second kappa shape index (κ2) is 4.49. The Hall–Kier alpha value is -1.62. The highest BCUT2D eigenvalue weighted by Crippen LogP contribution is 2.27. The van der Waals surface area contributed by atoms with Crippen molar-refractivity contribution in [3.05, 3.63) is 46.8 Å². The molecule has 0 unspecified atom stereocenters. The molecule has 2 aromatic rings. The number of anilines is 1. The zero-order valence-corrected chi connectivity index (χ0v) is 9.74. The van der Waals surface area contributed by atoms with Gasteiger partial charge in [0.2, 0.25) is 5.88 Å². The lowest BCUT2D eigenvalue weighted by Crippen LogP contribution is -1.94. The Kier molecular flexibility index (Phi) is 3.05. The first-order valence-electron chi connectivity index (χ1n) is 4.49. The van der Waals surface area contributed by atoms with Crippen molar-refractivity contribution in [3.63, 3.8) is 0 Å². The molecule has 0 saturated carbocycles. The second-order valence-corrected chi connectivity index (χ2v) is 4.01. The van der Waals surface area contributed by atoms with Crippen molar-refractivity contribution in [2.45, 2.75) is 0 Å². The van der Waals surface area contributed by atoms with Gasteiger partial charge in [0.05, 0.1) is 5.69 Å². The molecule has 0 amide bonds. The standard InChI is InChI=1S/C11H8BrFN2O/c12-7-1-4-11(15-6-7)16-10-3-2-8(13)5-9(10)14/h1-6H,14H2. The maximum absolute atomic E-state index is 12.8. The van der Waals surface area contributed by atoms with E-state index in [4.69, 9.17) is 10.5 Å². The number of ether oxygens (including phenoxy) is 1. The van der Waals surface area contributed by atoms with Crippen LogP contribution >= 0.6 is 15.9 Å². The zero-order chi connectivity index (χ0) is 11.5. The lowest BCUT2D eigenvalue weighted by atomic mass is 10.3. The molecule has 0 aliphatic carbocycles. The number of hydrogen-bond acceptors (Lipinski definition) is 3. The predicted molar refractivity (Wildman–Crippen MR) is 62.8 cm³/mol. The molecule has 3 nitrogen and oxygen atoms in total. The van der Waals surface area contributed by atoms with Crippen molar-refractivity contribution in [3.8, 4) is 11.6 Å². The van der Waals surface area contributed by atoms with E-state index in [9.17, 15) is 4.39 Å². The SMILES string of the molecule is Nc1cc(F)ccc1Oc1ccc(Br)cn1. The summed E-state index contributed by atoms with van der Waals surface area (Å²) in [6, 6.07) is 7.43. The first-order chi connectivity index (χ1) is 7.65. The fraction of sp³-hybridized carbons (Fsp3) is 0. The predicted octanol–water partition coefficient (Wildman–Crippen LogP) is 3.36. The van der Waals surface area contributed by atoms with Gasteiger partial charge in [-0.1, -0.05) is 0 Å². The molecule has 16 heavy (non-hydrogen) atoms. The molecule has 2 rings (SSSR count). The quantitative estimate of drug-likeness (QED) is 0.860. The van der Waals surface area contributed by atoms with Crippen LogP contribution in [0.1, 0.15) is 0 Å². The molecule has 0 spiro atoms. The van der Waals surface area contributed by atoms with Gasteiger partial charge in [0.1, 0.15) is 5.82 Å². The number of aromatic nitrogens is 1. The van der Waals surface area contributed by atoms with Crippen molar-refractivity contribution in [1.29, 1.82) is 0 Å². The number of hydrogen-bond donors (Lipinski definition) is 1. The smallest absolute Gasteiger partial charge is 0.219 e. The third-order valence-corrected chi connectivity index (χ3v) is 2.36. The van der Waals surface area contributed by atoms with E-state index in [-0.39, 0.29) is 5.69 Å². The van der Waals surface area contributed by atoms with Gasteiger partial charge < -0.3 is 10.5 Å². The highest BCUT2D eigenvalue weighted by molar-refractivity contribution is 9.10. The van der Waals surface area contributed by atoms with E-state index in [1.54, 1.807) is 18.3 Å². The van der Waals surface area contributed by atoms with Gasteiger partial charge in [-0.15, -0.1) is 0 Å². The Morgan fingerprint density at radius 2 is 2.06 bits per heavy atom. The molecule has 82 valence electrons. The second-order valence-electron chi connectivity index (χ2n) is 3.10. The number of pyridine rings is 1. The summed E-state index contributed by atoms with van der Waals surface area (Å²) in [5.41, 5.74) is 5.84. The Morgan fingerprint density at radius 1 is 1.25 bits per heavy atom. The van der Waals surface area contributed by atoms with Crippen LogP contribution in [0, 0.1) is 5.82 Å². The van der Waals surface area contributed by atoms with Crippen LogP contribution in [0.3, 0.4) is 0 Å². The minimum atomic E-state index is -0.395. The third-order valence-electron chi connectivity index (χ3n) is 1.89. The molecule has 0 atom stereocenters. The molecule has 1 aromatic heterocycles. The summed E-state index contributed by atoms with van der Waals surface area (Å²) in [5, 5.41) is 0. The third kappa shape index (κ3) is 2.49. The Labute approximate surface area is 100 Å². The minimum Gasteiger partial charge on any atom is -0.437 e. The molecular weight excluding hydrogens is 275 g/mol. The first-order valence-corrected chi connectivity index (χ1v) is 5.29. The fourth-order valence-corrected chi connectivity index (χ4v) is 1.38. The van der Waals surface area contributed by atoms with Crippen LogP contribution in [-0.4, -0.2) is 4.98 Å². The Balaban J connectivity index is 2.23. The molecule has 0 fully saturated rings. The number of rotatable bonds is 2.